The lowest BCUT2D eigenvalue weighted by molar-refractivity contribution is -0.870. The first-order valence-electron chi connectivity index (χ1n) is 30.9. The van der Waals surface area contributed by atoms with Gasteiger partial charge >= 0.3 is 11.9 Å². The number of hydrogen-bond acceptors (Lipinski definition) is 8. The highest BCUT2D eigenvalue weighted by Gasteiger charge is 2.21. The first kappa shape index (κ1) is 74.2. The van der Waals surface area contributed by atoms with Gasteiger partial charge in [-0.1, -0.05) is 244 Å². The molecule has 0 rings (SSSR count). The van der Waals surface area contributed by atoms with E-state index in [4.69, 9.17) is 18.5 Å². The predicted molar refractivity (Wildman–Crippen MR) is 332 cm³/mol. The summed E-state index contributed by atoms with van der Waals surface area (Å²) in [5.41, 5.74) is 0. The van der Waals surface area contributed by atoms with Crippen molar-refractivity contribution in [1.29, 1.82) is 0 Å². The molecule has 0 saturated carbocycles. The Labute approximate surface area is 479 Å². The molecule has 0 bridgehead atoms. The second-order valence-corrected chi connectivity index (χ2v) is 22.7. The molecule has 0 aliphatic carbocycles. The molecule has 0 heterocycles. The zero-order valence-corrected chi connectivity index (χ0v) is 51.2. The largest absolute Gasteiger partial charge is 0.756 e. The smallest absolute Gasteiger partial charge is 0.306 e. The van der Waals surface area contributed by atoms with Crippen LogP contribution in [0.4, 0.5) is 0 Å². The van der Waals surface area contributed by atoms with Crippen LogP contribution < -0.4 is 4.89 Å². The molecule has 0 aromatic rings. The molecule has 0 amide bonds. The van der Waals surface area contributed by atoms with Gasteiger partial charge in [-0.15, -0.1) is 0 Å². The molecule has 9 nitrogen and oxygen atoms in total. The summed E-state index contributed by atoms with van der Waals surface area (Å²) in [6.45, 7) is 3.95. The third kappa shape index (κ3) is 61.4. The summed E-state index contributed by atoms with van der Waals surface area (Å²) in [5.74, 6) is -0.886. The van der Waals surface area contributed by atoms with Gasteiger partial charge in [-0.3, -0.25) is 14.2 Å². The van der Waals surface area contributed by atoms with E-state index in [-0.39, 0.29) is 26.1 Å². The van der Waals surface area contributed by atoms with Crippen LogP contribution in [0.15, 0.2) is 134 Å². The second-order valence-electron chi connectivity index (χ2n) is 21.3. The van der Waals surface area contributed by atoms with Gasteiger partial charge in [0.1, 0.15) is 19.8 Å². The van der Waals surface area contributed by atoms with Crippen LogP contribution in [0, 0.1) is 0 Å². The average Bonchev–Trinajstić information content (AvgIpc) is 3.41. The van der Waals surface area contributed by atoms with Crippen LogP contribution in [0.5, 0.6) is 0 Å². The first-order chi connectivity index (χ1) is 38.0. The van der Waals surface area contributed by atoms with E-state index in [2.05, 4.69) is 148 Å². The van der Waals surface area contributed by atoms with E-state index < -0.39 is 32.5 Å². The Kier molecular flexibility index (Phi) is 55.0. The van der Waals surface area contributed by atoms with Crippen LogP contribution >= 0.6 is 7.82 Å². The fraction of sp³-hybridized carbons (Fsp3) is 0.647. The van der Waals surface area contributed by atoms with Crippen molar-refractivity contribution in [3.8, 4) is 0 Å². The molecule has 0 aromatic heterocycles. The number of hydrogen-bond donors (Lipinski definition) is 0. The maximum atomic E-state index is 12.8. The summed E-state index contributed by atoms with van der Waals surface area (Å²) < 4.78 is 34.1. The molecule has 2 unspecified atom stereocenters. The van der Waals surface area contributed by atoms with Crippen molar-refractivity contribution in [3.63, 3.8) is 0 Å². The number of carbonyl (C=O) groups excluding carboxylic acids is 2. The van der Waals surface area contributed by atoms with Gasteiger partial charge in [0, 0.05) is 12.8 Å². The van der Waals surface area contributed by atoms with Gasteiger partial charge in [0.2, 0.25) is 0 Å². The fourth-order valence-corrected chi connectivity index (χ4v) is 8.71. The van der Waals surface area contributed by atoms with E-state index in [1.165, 1.54) is 89.9 Å². The van der Waals surface area contributed by atoms with Crippen molar-refractivity contribution in [3.05, 3.63) is 134 Å². The molecular weight excluding hydrogens is 990 g/mol. The van der Waals surface area contributed by atoms with Crippen LogP contribution in [0.2, 0.25) is 0 Å². The van der Waals surface area contributed by atoms with Crippen LogP contribution in [0.1, 0.15) is 232 Å². The summed E-state index contributed by atoms with van der Waals surface area (Å²) >= 11 is 0. The highest BCUT2D eigenvalue weighted by atomic mass is 31.2. The molecule has 0 N–H and O–H groups in total. The summed E-state index contributed by atoms with van der Waals surface area (Å²) in [6, 6.07) is 0. The Hall–Kier alpha value is -3.85. The number of nitrogens with zero attached hydrogens (tertiary/aromatic N) is 1. The summed E-state index contributed by atoms with van der Waals surface area (Å²) in [5, 5.41) is 0. The number of phosphoric ester groups is 1. The molecular formula is C68H114NO8P. The van der Waals surface area contributed by atoms with Crippen molar-refractivity contribution >= 4 is 19.8 Å². The van der Waals surface area contributed by atoms with E-state index in [1.807, 2.05) is 21.1 Å². The zero-order valence-electron chi connectivity index (χ0n) is 50.3. The van der Waals surface area contributed by atoms with E-state index in [1.54, 1.807) is 0 Å². The van der Waals surface area contributed by atoms with Crippen LogP contribution in [-0.4, -0.2) is 70.0 Å². The Morgan fingerprint density at radius 3 is 1.05 bits per heavy atom. The molecule has 78 heavy (non-hydrogen) atoms. The van der Waals surface area contributed by atoms with E-state index in [0.717, 1.165) is 103 Å². The third-order valence-corrected chi connectivity index (χ3v) is 13.6. The Morgan fingerprint density at radius 2 is 0.692 bits per heavy atom. The molecule has 0 radical (unpaired) electrons. The predicted octanol–water partition coefficient (Wildman–Crippen LogP) is 19.1. The highest BCUT2D eigenvalue weighted by molar-refractivity contribution is 7.45. The molecule has 0 fully saturated rings. The lowest BCUT2D eigenvalue weighted by Gasteiger charge is -2.28. The van der Waals surface area contributed by atoms with Crippen LogP contribution in [-0.2, 0) is 32.7 Å². The molecule has 0 saturated heterocycles. The first-order valence-corrected chi connectivity index (χ1v) is 32.4. The molecule has 0 spiro atoms. The van der Waals surface area contributed by atoms with E-state index in [0.29, 0.717) is 23.9 Å². The average molecular weight is 1100 g/mol. The minimum atomic E-state index is -4.65. The minimum absolute atomic E-state index is 0.0427. The topological polar surface area (TPSA) is 111 Å². The summed E-state index contributed by atoms with van der Waals surface area (Å²) in [4.78, 5) is 37.8. The molecule has 0 aromatic carbocycles. The van der Waals surface area contributed by atoms with E-state index in [9.17, 15) is 19.0 Å². The van der Waals surface area contributed by atoms with Gasteiger partial charge in [-0.05, 0) is 109 Å². The number of quaternary nitrogens is 1. The van der Waals surface area contributed by atoms with Crippen molar-refractivity contribution in [2.75, 3.05) is 47.5 Å². The van der Waals surface area contributed by atoms with Gasteiger partial charge in [0.15, 0.2) is 6.10 Å². The quantitative estimate of drug-likeness (QED) is 0.0195. The standard InChI is InChI=1S/C68H114NO8P/c1-6-8-10-12-14-16-18-20-22-23-24-25-26-27-28-29-30-31-32-33-34-35-36-37-38-39-40-41-42-43-44-45-47-49-51-53-55-57-59-61-68(71)77-66(65-76-78(72,73)75-63-62-69(3,4)5)64-74-67(70)60-58-56-54-52-50-48-46-21-19-17-15-13-11-9-7-2/h8-11,14-17,20-22,24-25,27-28,30-31,33-34,46,50,52,66H,6-7,12-13,18-19,23,26,29,32,35-45,47-49,51,53-65H2,1-5H3/b10-8-,11-9-,16-14-,17-15-,22-20-,25-24-,28-27-,31-30-,34-33-,46-21-,52-50-. The number of phosphoric acid groups is 1. The van der Waals surface area contributed by atoms with Gasteiger partial charge in [-0.25, -0.2) is 0 Å². The SMILES string of the molecule is CC/C=C\C/C=C\C/C=C\C/C=C\C/C=C\C/C=C\C/C=C\CCCCCCCCCCCCCCCCCCCC(=O)OC(COC(=O)CCCC/C=C\C/C=C\C/C=C\C/C=C\CC)COP(=O)([O-])OCC[N+](C)(C)C. The normalized spacial score (nSPS) is 14.2. The summed E-state index contributed by atoms with van der Waals surface area (Å²) in [6.07, 6.45) is 83.9. The Morgan fingerprint density at radius 1 is 0.397 bits per heavy atom. The van der Waals surface area contributed by atoms with Gasteiger partial charge in [0.05, 0.1) is 27.7 Å². The monoisotopic (exact) mass is 1100 g/mol. The molecule has 10 heteroatoms. The summed E-state index contributed by atoms with van der Waals surface area (Å²) in [7, 11) is 1.13. The van der Waals surface area contributed by atoms with Crippen molar-refractivity contribution in [1.82, 2.24) is 0 Å². The number of rotatable bonds is 55. The Bertz CT molecular complexity index is 1780. The molecule has 2 atom stereocenters. The minimum Gasteiger partial charge on any atom is -0.756 e. The maximum Gasteiger partial charge on any atom is 0.306 e. The number of esters is 2. The lowest BCUT2D eigenvalue weighted by atomic mass is 10.0. The van der Waals surface area contributed by atoms with Gasteiger partial charge in [-0.2, -0.15) is 0 Å². The number of likely N-dealkylation sites (N-methyl/N-ethyl adjacent to an activating group) is 1. The number of carbonyl (C=O) groups is 2. The Balaban J connectivity index is 4.03. The van der Waals surface area contributed by atoms with Crippen LogP contribution in [0.25, 0.3) is 0 Å². The van der Waals surface area contributed by atoms with Gasteiger partial charge in [0.25, 0.3) is 7.82 Å². The van der Waals surface area contributed by atoms with Gasteiger partial charge < -0.3 is 27.9 Å². The van der Waals surface area contributed by atoms with Crippen LogP contribution in [0.3, 0.4) is 0 Å². The molecule has 0 aliphatic rings. The maximum absolute atomic E-state index is 12.8. The fourth-order valence-electron chi connectivity index (χ4n) is 7.98. The number of unbranched alkanes of at least 4 members (excludes halogenated alkanes) is 19. The van der Waals surface area contributed by atoms with Crippen molar-refractivity contribution in [2.45, 2.75) is 238 Å². The number of allylic oxidation sites excluding steroid dienone is 22. The van der Waals surface area contributed by atoms with Crippen molar-refractivity contribution in [2.24, 2.45) is 0 Å². The second kappa shape index (κ2) is 57.8. The van der Waals surface area contributed by atoms with E-state index >= 15 is 0 Å². The molecule has 0 aliphatic heterocycles. The van der Waals surface area contributed by atoms with Crippen molar-refractivity contribution < 1.29 is 42.1 Å². The highest BCUT2D eigenvalue weighted by Crippen LogP contribution is 2.38. The zero-order chi connectivity index (χ0) is 57.0. The number of ether oxygens (including phenoxy) is 2. The lowest BCUT2D eigenvalue weighted by Crippen LogP contribution is -2.37. The third-order valence-electron chi connectivity index (χ3n) is 12.7. The molecule has 444 valence electrons.